The van der Waals surface area contributed by atoms with E-state index in [1.165, 1.54) is 95.5 Å². The quantitative estimate of drug-likeness (QED) is 0.173. The molecule has 0 aromatic rings. The summed E-state index contributed by atoms with van der Waals surface area (Å²) >= 11 is 0. The molecule has 3 fully saturated rings. The first-order chi connectivity index (χ1) is 17.1. The van der Waals surface area contributed by atoms with Crippen molar-refractivity contribution < 1.29 is 0 Å². The van der Waals surface area contributed by atoms with Crippen molar-refractivity contribution in [2.24, 2.45) is 71.0 Å². The summed E-state index contributed by atoms with van der Waals surface area (Å²) in [5.74, 6) is 11.1. The monoisotopic (exact) mass is 563 g/mol. The van der Waals surface area contributed by atoms with Gasteiger partial charge < -0.3 is 0 Å². The van der Waals surface area contributed by atoms with Gasteiger partial charge in [0.05, 0.1) is 0 Å². The van der Waals surface area contributed by atoms with Crippen LogP contribution in [-0.4, -0.2) is 0 Å². The van der Waals surface area contributed by atoms with Crippen molar-refractivity contribution in [3.05, 3.63) is 12.2 Å². The molecule has 0 nitrogen and oxygen atoms in total. The number of allylic oxidation sites excluding steroid dienone is 1. The highest BCUT2D eigenvalue weighted by Crippen LogP contribution is 2.51. The van der Waals surface area contributed by atoms with Crippen molar-refractivity contribution in [2.75, 3.05) is 0 Å². The minimum Gasteiger partial charge on any atom is -0.0999 e. The molecule has 3 saturated carbocycles. The van der Waals surface area contributed by atoms with Gasteiger partial charge in [-0.1, -0.05) is 142 Å². The molecular formula is C40H82. The number of rotatable bonds is 11. The molecule has 0 spiro atoms. The van der Waals surface area contributed by atoms with Crippen molar-refractivity contribution in [3.8, 4) is 0 Å². The maximum atomic E-state index is 4.41. The average Bonchev–Trinajstić information content (AvgIpc) is 2.81. The van der Waals surface area contributed by atoms with Gasteiger partial charge in [0.15, 0.2) is 0 Å². The topological polar surface area (TPSA) is 0 Å². The van der Waals surface area contributed by atoms with Crippen LogP contribution in [0.1, 0.15) is 175 Å². The van der Waals surface area contributed by atoms with Gasteiger partial charge in [-0.05, 0) is 116 Å². The maximum absolute atomic E-state index is 4.41. The van der Waals surface area contributed by atoms with Gasteiger partial charge in [0.25, 0.3) is 0 Å². The van der Waals surface area contributed by atoms with Crippen LogP contribution < -0.4 is 0 Å². The highest BCUT2D eigenvalue weighted by molar-refractivity contribution is 5.03. The standard InChI is InChI=1S/C36H66.4CH4/c1-10-11-12-13-14-30-17-18-33(26(6)19-30)36-27(7)20-31(21-28(36)8)15-16-32-22-34(24(2)3)29(9)35(23-32)25(4)5;;;;/h25-36H,2,10-23H2,1,3-9H3;4*1H4. The van der Waals surface area contributed by atoms with E-state index in [2.05, 4.69) is 62.0 Å². The Hall–Kier alpha value is -0.260. The Bertz CT molecular complexity index is 632. The Morgan fingerprint density at radius 1 is 0.675 bits per heavy atom. The molecule has 3 aliphatic carbocycles. The highest BCUT2D eigenvalue weighted by atomic mass is 14.5. The van der Waals surface area contributed by atoms with Crippen LogP contribution in [-0.2, 0) is 0 Å². The van der Waals surface area contributed by atoms with Gasteiger partial charge in [0.1, 0.15) is 0 Å². The lowest BCUT2D eigenvalue weighted by Crippen LogP contribution is -2.40. The second-order valence-corrected chi connectivity index (χ2v) is 15.2. The summed E-state index contributed by atoms with van der Waals surface area (Å²) in [6.45, 7) is 24.4. The van der Waals surface area contributed by atoms with Crippen molar-refractivity contribution in [3.63, 3.8) is 0 Å². The van der Waals surface area contributed by atoms with Crippen LogP contribution in [0.2, 0.25) is 0 Å². The normalized spacial score (nSPS) is 37.8. The Balaban J connectivity index is 0. The lowest BCUT2D eigenvalue weighted by molar-refractivity contribution is 0.0149. The van der Waals surface area contributed by atoms with Crippen LogP contribution in [0.15, 0.2) is 12.2 Å². The average molecular weight is 563 g/mol. The van der Waals surface area contributed by atoms with Gasteiger partial charge in [-0.15, -0.1) is 0 Å². The third kappa shape index (κ3) is 11.1. The molecule has 0 heterocycles. The highest BCUT2D eigenvalue weighted by Gasteiger charge is 2.42. The summed E-state index contributed by atoms with van der Waals surface area (Å²) in [7, 11) is 0. The fourth-order valence-corrected chi connectivity index (χ4v) is 10.1. The largest absolute Gasteiger partial charge is 0.0999 e. The Kier molecular flexibility index (Phi) is 20.8. The van der Waals surface area contributed by atoms with Crippen molar-refractivity contribution >= 4 is 0 Å². The van der Waals surface area contributed by atoms with E-state index in [-0.39, 0.29) is 29.7 Å². The first-order valence-corrected chi connectivity index (χ1v) is 16.8. The van der Waals surface area contributed by atoms with Crippen LogP contribution in [0.4, 0.5) is 0 Å². The molecular weight excluding hydrogens is 480 g/mol. The third-order valence-corrected chi connectivity index (χ3v) is 12.0. The summed E-state index contributed by atoms with van der Waals surface area (Å²) in [5.41, 5.74) is 1.45. The van der Waals surface area contributed by atoms with E-state index in [1.807, 2.05) is 0 Å². The maximum Gasteiger partial charge on any atom is -0.0178 e. The van der Waals surface area contributed by atoms with Crippen molar-refractivity contribution in [2.45, 2.75) is 175 Å². The molecule has 0 aromatic heterocycles. The smallest absolute Gasteiger partial charge is 0.0178 e. The third-order valence-electron chi connectivity index (χ3n) is 12.0. The lowest BCUT2D eigenvalue weighted by Gasteiger charge is -2.48. The molecule has 0 saturated heterocycles. The first kappa shape index (κ1) is 41.9. The van der Waals surface area contributed by atoms with Gasteiger partial charge in [-0.3, -0.25) is 0 Å². The molecule has 3 aliphatic rings. The predicted octanol–water partition coefficient (Wildman–Crippen LogP) is 14.1. The summed E-state index contributed by atoms with van der Waals surface area (Å²) in [5, 5.41) is 0. The summed E-state index contributed by atoms with van der Waals surface area (Å²) in [6.07, 6.45) is 20.8. The van der Waals surface area contributed by atoms with E-state index in [0.29, 0.717) is 0 Å². The molecule has 9 unspecified atom stereocenters. The van der Waals surface area contributed by atoms with Crippen LogP contribution >= 0.6 is 0 Å². The zero-order valence-electron chi connectivity index (χ0n) is 26.0. The molecule has 0 aliphatic heterocycles. The summed E-state index contributed by atoms with van der Waals surface area (Å²) < 4.78 is 0. The Morgan fingerprint density at radius 2 is 1.23 bits per heavy atom. The number of hydrogen-bond donors (Lipinski definition) is 0. The van der Waals surface area contributed by atoms with Crippen LogP contribution in [0, 0.1) is 71.0 Å². The number of hydrogen-bond acceptors (Lipinski definition) is 0. The molecule has 0 radical (unpaired) electrons. The second-order valence-electron chi connectivity index (χ2n) is 15.2. The molecule has 3 rings (SSSR count). The zero-order valence-corrected chi connectivity index (χ0v) is 26.0. The minimum atomic E-state index is 0. The SMILES string of the molecule is C.C.C.C.C=C(C)C1CC(CCC2CC(C)C(C3CCC(CCCCCC)CC3C)C(C)C2)CC(C(C)C)C1C. The van der Waals surface area contributed by atoms with Crippen molar-refractivity contribution in [1.29, 1.82) is 0 Å². The van der Waals surface area contributed by atoms with E-state index in [1.54, 1.807) is 0 Å². The van der Waals surface area contributed by atoms with E-state index in [4.69, 9.17) is 0 Å². The van der Waals surface area contributed by atoms with Crippen LogP contribution in [0.25, 0.3) is 0 Å². The fraction of sp³-hybridized carbons (Fsp3) is 0.950. The molecule has 0 bridgehead atoms. The summed E-state index contributed by atoms with van der Waals surface area (Å²) in [4.78, 5) is 0. The van der Waals surface area contributed by atoms with E-state index >= 15 is 0 Å². The minimum absolute atomic E-state index is 0. The molecule has 0 N–H and O–H groups in total. The predicted molar refractivity (Wildman–Crippen MR) is 188 cm³/mol. The van der Waals surface area contributed by atoms with Crippen LogP contribution in [0.5, 0.6) is 0 Å². The van der Waals surface area contributed by atoms with Gasteiger partial charge in [0.2, 0.25) is 0 Å². The van der Waals surface area contributed by atoms with E-state index in [0.717, 1.165) is 71.0 Å². The second kappa shape index (κ2) is 19.8. The van der Waals surface area contributed by atoms with Gasteiger partial charge in [-0.25, -0.2) is 0 Å². The molecule has 0 heteroatoms. The van der Waals surface area contributed by atoms with Gasteiger partial charge in [0, 0.05) is 0 Å². The molecule has 242 valence electrons. The van der Waals surface area contributed by atoms with Crippen molar-refractivity contribution in [1.82, 2.24) is 0 Å². The summed E-state index contributed by atoms with van der Waals surface area (Å²) in [6, 6.07) is 0. The van der Waals surface area contributed by atoms with Gasteiger partial charge >= 0.3 is 0 Å². The Labute approximate surface area is 257 Å². The number of unbranched alkanes of at least 4 members (excludes halogenated alkanes) is 3. The lowest BCUT2D eigenvalue weighted by atomic mass is 9.57. The first-order valence-electron chi connectivity index (χ1n) is 16.8. The molecule has 40 heavy (non-hydrogen) atoms. The molecule has 9 atom stereocenters. The van der Waals surface area contributed by atoms with Gasteiger partial charge in [-0.2, -0.15) is 0 Å². The zero-order chi connectivity index (χ0) is 26.4. The Morgan fingerprint density at radius 3 is 1.73 bits per heavy atom. The molecule has 0 aromatic carbocycles. The molecule has 0 amide bonds. The fourth-order valence-electron chi connectivity index (χ4n) is 10.1. The van der Waals surface area contributed by atoms with E-state index < -0.39 is 0 Å². The van der Waals surface area contributed by atoms with E-state index in [9.17, 15) is 0 Å². The van der Waals surface area contributed by atoms with Crippen LogP contribution in [0.3, 0.4) is 0 Å².